The van der Waals surface area contributed by atoms with Crippen molar-refractivity contribution in [3.05, 3.63) is 0 Å². The third kappa shape index (κ3) is 2.09. The van der Waals surface area contributed by atoms with Gasteiger partial charge in [0.05, 0.1) is 0 Å². The highest BCUT2D eigenvalue weighted by atomic mass is 19.3. The maximum Gasteiger partial charge on any atom is 0.428 e. The van der Waals surface area contributed by atoms with Crippen molar-refractivity contribution in [3.8, 4) is 0 Å². The third-order valence-corrected chi connectivity index (χ3v) is 1.30. The molecule has 3 nitrogen and oxygen atoms in total. The van der Waals surface area contributed by atoms with E-state index in [2.05, 4.69) is 4.74 Å². The van der Waals surface area contributed by atoms with Crippen LogP contribution >= 0.6 is 0 Å². The number of halogens is 4. The molecule has 0 N–H and O–H groups in total. The highest BCUT2D eigenvalue weighted by Crippen LogP contribution is 2.35. The summed E-state index contributed by atoms with van der Waals surface area (Å²) in [5, 5.41) is 0. The predicted octanol–water partition coefficient (Wildman–Crippen LogP) is 0.949. The minimum Gasteiger partial charge on any atom is -0.343 e. The van der Waals surface area contributed by atoms with Crippen molar-refractivity contribution < 1.29 is 27.1 Å². The number of ether oxygens (including phenoxy) is 1. The summed E-state index contributed by atoms with van der Waals surface area (Å²) in [5.41, 5.74) is 0. The van der Waals surface area contributed by atoms with Gasteiger partial charge in [0, 0.05) is 21.2 Å². The molecule has 0 spiro atoms. The van der Waals surface area contributed by atoms with Crippen LogP contribution < -0.4 is 0 Å². The zero-order chi connectivity index (χ0) is 10.9. The Kier molecular flexibility index (Phi) is 3.26. The SMILES string of the molecule is COC(F)(F)C(F)(F)C(=O)N(C)C. The Labute approximate surface area is 72.3 Å². The largest absolute Gasteiger partial charge is 0.428 e. The van der Waals surface area contributed by atoms with Crippen molar-refractivity contribution in [2.24, 2.45) is 0 Å². The van der Waals surface area contributed by atoms with Crippen molar-refractivity contribution in [1.82, 2.24) is 4.90 Å². The first kappa shape index (κ1) is 12.2. The highest BCUT2D eigenvalue weighted by Gasteiger charge is 2.63. The van der Waals surface area contributed by atoms with Crippen molar-refractivity contribution in [3.63, 3.8) is 0 Å². The van der Waals surface area contributed by atoms with Crippen LogP contribution in [0.1, 0.15) is 0 Å². The Hall–Kier alpha value is -0.850. The second-order valence-electron chi connectivity index (χ2n) is 2.49. The minimum absolute atomic E-state index is 0.368. The molecular weight excluding hydrogens is 194 g/mol. The number of carbonyl (C=O) groups is 1. The molecule has 0 rings (SSSR count). The third-order valence-electron chi connectivity index (χ3n) is 1.30. The van der Waals surface area contributed by atoms with Crippen LogP contribution in [-0.4, -0.2) is 44.0 Å². The van der Waals surface area contributed by atoms with Crippen LogP contribution in [0.25, 0.3) is 0 Å². The van der Waals surface area contributed by atoms with E-state index in [1.165, 1.54) is 0 Å². The van der Waals surface area contributed by atoms with Gasteiger partial charge in [-0.05, 0) is 0 Å². The standard InChI is InChI=1S/C6H9F4NO2/c1-11(2)4(12)5(7,8)6(9,10)13-3/h1-3H3. The fourth-order valence-electron chi connectivity index (χ4n) is 0.534. The molecule has 0 unspecified atom stereocenters. The maximum atomic E-state index is 12.6. The summed E-state index contributed by atoms with van der Waals surface area (Å²) in [6, 6.07) is 0. The average Bonchev–Trinajstić information content (AvgIpc) is 2.02. The summed E-state index contributed by atoms with van der Waals surface area (Å²) in [6.45, 7) is 0. The number of methoxy groups -OCH3 is 1. The van der Waals surface area contributed by atoms with E-state index >= 15 is 0 Å². The van der Waals surface area contributed by atoms with Crippen molar-refractivity contribution in [2.45, 2.75) is 12.0 Å². The summed E-state index contributed by atoms with van der Waals surface area (Å²) < 4.78 is 53.0. The average molecular weight is 203 g/mol. The predicted molar refractivity (Wildman–Crippen MR) is 35.6 cm³/mol. The minimum atomic E-state index is -4.84. The monoisotopic (exact) mass is 203 g/mol. The smallest absolute Gasteiger partial charge is 0.343 e. The molecule has 7 heteroatoms. The number of rotatable bonds is 3. The summed E-state index contributed by atoms with van der Waals surface area (Å²) in [7, 11) is 2.29. The van der Waals surface area contributed by atoms with Gasteiger partial charge < -0.3 is 9.64 Å². The second-order valence-corrected chi connectivity index (χ2v) is 2.49. The van der Waals surface area contributed by atoms with E-state index in [1.54, 1.807) is 0 Å². The Morgan fingerprint density at radius 2 is 1.62 bits per heavy atom. The number of nitrogens with zero attached hydrogens (tertiary/aromatic N) is 1. The molecule has 0 heterocycles. The van der Waals surface area contributed by atoms with Gasteiger partial charge in [0.1, 0.15) is 0 Å². The van der Waals surface area contributed by atoms with Crippen molar-refractivity contribution in [2.75, 3.05) is 21.2 Å². The molecule has 0 aromatic carbocycles. The van der Waals surface area contributed by atoms with E-state index in [0.717, 1.165) is 14.1 Å². The van der Waals surface area contributed by atoms with Crippen LogP contribution in [0.5, 0.6) is 0 Å². The molecule has 0 aliphatic heterocycles. The van der Waals surface area contributed by atoms with Crippen LogP contribution in [0.15, 0.2) is 0 Å². The van der Waals surface area contributed by atoms with Gasteiger partial charge >= 0.3 is 17.9 Å². The maximum absolute atomic E-state index is 12.6. The summed E-state index contributed by atoms with van der Waals surface area (Å²) in [4.78, 5) is 11.0. The fourth-order valence-corrected chi connectivity index (χ4v) is 0.534. The zero-order valence-corrected chi connectivity index (χ0v) is 7.28. The zero-order valence-electron chi connectivity index (χ0n) is 7.28. The molecule has 13 heavy (non-hydrogen) atoms. The lowest BCUT2D eigenvalue weighted by Gasteiger charge is -2.25. The lowest BCUT2D eigenvalue weighted by atomic mass is 10.3. The number of amides is 1. The molecule has 0 saturated heterocycles. The molecule has 0 aliphatic carbocycles. The normalized spacial score (nSPS) is 12.8. The quantitative estimate of drug-likeness (QED) is 0.639. The van der Waals surface area contributed by atoms with E-state index in [4.69, 9.17) is 0 Å². The van der Waals surface area contributed by atoms with E-state index < -0.39 is 17.9 Å². The molecule has 0 atom stereocenters. The Balaban J connectivity index is 4.85. The number of hydrogen-bond acceptors (Lipinski definition) is 2. The topological polar surface area (TPSA) is 29.5 Å². The van der Waals surface area contributed by atoms with Crippen LogP contribution in [-0.2, 0) is 9.53 Å². The summed E-state index contributed by atoms with van der Waals surface area (Å²) in [6.07, 6.45) is -4.78. The van der Waals surface area contributed by atoms with E-state index in [1.807, 2.05) is 0 Å². The van der Waals surface area contributed by atoms with E-state index in [0.29, 0.717) is 12.0 Å². The van der Waals surface area contributed by atoms with E-state index in [-0.39, 0.29) is 0 Å². The van der Waals surface area contributed by atoms with Gasteiger partial charge in [-0.1, -0.05) is 0 Å². The molecule has 0 aromatic heterocycles. The molecule has 0 fully saturated rings. The van der Waals surface area contributed by atoms with Crippen LogP contribution in [0.3, 0.4) is 0 Å². The first-order chi connectivity index (χ1) is 5.66. The van der Waals surface area contributed by atoms with Crippen LogP contribution in [0.4, 0.5) is 17.6 Å². The number of hydrogen-bond donors (Lipinski definition) is 0. The van der Waals surface area contributed by atoms with Crippen LogP contribution in [0.2, 0.25) is 0 Å². The molecular formula is C6H9F4NO2. The highest BCUT2D eigenvalue weighted by molar-refractivity contribution is 5.83. The van der Waals surface area contributed by atoms with Gasteiger partial charge in [0.15, 0.2) is 0 Å². The molecule has 78 valence electrons. The van der Waals surface area contributed by atoms with E-state index in [9.17, 15) is 22.4 Å². The van der Waals surface area contributed by atoms with Crippen molar-refractivity contribution in [1.29, 1.82) is 0 Å². The Morgan fingerprint density at radius 3 is 1.85 bits per heavy atom. The number of carbonyl (C=O) groups excluding carboxylic acids is 1. The lowest BCUT2D eigenvalue weighted by Crippen LogP contribution is -2.52. The molecule has 0 aromatic rings. The van der Waals surface area contributed by atoms with Gasteiger partial charge in [0.2, 0.25) is 0 Å². The van der Waals surface area contributed by atoms with Gasteiger partial charge in [-0.15, -0.1) is 0 Å². The second kappa shape index (κ2) is 3.49. The molecule has 0 aliphatic rings. The number of alkyl halides is 4. The van der Waals surface area contributed by atoms with Gasteiger partial charge in [-0.3, -0.25) is 4.79 Å². The summed E-state index contributed by atoms with van der Waals surface area (Å²) in [5.74, 6) is -6.84. The van der Waals surface area contributed by atoms with Crippen LogP contribution in [0, 0.1) is 0 Å². The first-order valence-electron chi connectivity index (χ1n) is 3.19. The van der Waals surface area contributed by atoms with Gasteiger partial charge in [-0.25, -0.2) is 0 Å². The Morgan fingerprint density at radius 1 is 1.23 bits per heavy atom. The van der Waals surface area contributed by atoms with Gasteiger partial charge in [0.25, 0.3) is 0 Å². The molecule has 0 saturated carbocycles. The molecule has 1 amide bonds. The lowest BCUT2D eigenvalue weighted by molar-refractivity contribution is -0.325. The first-order valence-corrected chi connectivity index (χ1v) is 3.19. The van der Waals surface area contributed by atoms with Crippen molar-refractivity contribution >= 4 is 5.91 Å². The molecule has 0 radical (unpaired) electrons. The Bertz CT molecular complexity index is 205. The van der Waals surface area contributed by atoms with Gasteiger partial charge in [-0.2, -0.15) is 17.6 Å². The molecule has 0 bridgehead atoms. The summed E-state index contributed by atoms with van der Waals surface area (Å²) >= 11 is 0. The fraction of sp³-hybridized carbons (Fsp3) is 0.833.